The SMILES string of the molecule is CCC1CCCN1CCCCC(C)(CO)NC1CC1. The molecule has 1 saturated carbocycles. The highest BCUT2D eigenvalue weighted by molar-refractivity contribution is 4.92. The maximum absolute atomic E-state index is 9.58. The lowest BCUT2D eigenvalue weighted by Gasteiger charge is -2.30. The van der Waals surface area contributed by atoms with Gasteiger partial charge in [-0.3, -0.25) is 0 Å². The summed E-state index contributed by atoms with van der Waals surface area (Å²) in [5.41, 5.74) is -0.0453. The summed E-state index contributed by atoms with van der Waals surface area (Å²) in [5.74, 6) is 0. The number of hydrogen-bond acceptors (Lipinski definition) is 3. The van der Waals surface area contributed by atoms with E-state index in [1.54, 1.807) is 0 Å². The Kier molecular flexibility index (Phi) is 5.67. The number of nitrogens with zero attached hydrogens (tertiary/aromatic N) is 1. The van der Waals surface area contributed by atoms with E-state index in [1.807, 2.05) is 0 Å². The second-order valence-electron chi connectivity index (χ2n) is 6.83. The summed E-state index contributed by atoms with van der Waals surface area (Å²) in [6.07, 6.45) is 10.3. The topological polar surface area (TPSA) is 35.5 Å². The van der Waals surface area contributed by atoms with Gasteiger partial charge in [0.15, 0.2) is 0 Å². The van der Waals surface area contributed by atoms with Crippen LogP contribution in [0.4, 0.5) is 0 Å². The van der Waals surface area contributed by atoms with E-state index in [2.05, 4.69) is 24.1 Å². The molecule has 1 aliphatic heterocycles. The summed E-state index contributed by atoms with van der Waals surface area (Å²) in [7, 11) is 0. The van der Waals surface area contributed by atoms with E-state index in [-0.39, 0.29) is 12.1 Å². The predicted molar refractivity (Wildman–Crippen MR) is 80.4 cm³/mol. The maximum Gasteiger partial charge on any atom is 0.0610 e. The van der Waals surface area contributed by atoms with Crippen LogP contribution in [0.3, 0.4) is 0 Å². The molecule has 2 aliphatic rings. The molecule has 112 valence electrons. The summed E-state index contributed by atoms with van der Waals surface area (Å²) >= 11 is 0. The molecule has 2 fully saturated rings. The molecule has 1 heterocycles. The first kappa shape index (κ1) is 15.3. The van der Waals surface area contributed by atoms with Crippen molar-refractivity contribution in [3.8, 4) is 0 Å². The lowest BCUT2D eigenvalue weighted by molar-refractivity contribution is 0.158. The van der Waals surface area contributed by atoms with Gasteiger partial charge in [-0.2, -0.15) is 0 Å². The van der Waals surface area contributed by atoms with Gasteiger partial charge in [-0.25, -0.2) is 0 Å². The molecule has 0 aromatic carbocycles. The first-order chi connectivity index (χ1) is 9.17. The molecule has 0 radical (unpaired) electrons. The van der Waals surface area contributed by atoms with Crippen molar-refractivity contribution >= 4 is 0 Å². The molecule has 1 aliphatic carbocycles. The number of hydrogen-bond donors (Lipinski definition) is 2. The standard InChI is InChI=1S/C16H32N2O/c1-3-15-7-6-12-18(15)11-5-4-10-16(2,13-19)17-14-8-9-14/h14-15,17,19H,3-13H2,1-2H3. The highest BCUT2D eigenvalue weighted by Crippen LogP contribution is 2.25. The normalized spacial score (nSPS) is 27.6. The molecule has 0 amide bonds. The quantitative estimate of drug-likeness (QED) is 0.631. The number of likely N-dealkylation sites (tertiary alicyclic amines) is 1. The van der Waals surface area contributed by atoms with E-state index >= 15 is 0 Å². The maximum atomic E-state index is 9.58. The van der Waals surface area contributed by atoms with Crippen LogP contribution >= 0.6 is 0 Å². The Bertz CT molecular complexity index is 267. The van der Waals surface area contributed by atoms with Crippen molar-refractivity contribution in [2.75, 3.05) is 19.7 Å². The third-order valence-electron chi connectivity index (χ3n) is 4.87. The Morgan fingerprint density at radius 2 is 2.05 bits per heavy atom. The molecule has 19 heavy (non-hydrogen) atoms. The second-order valence-corrected chi connectivity index (χ2v) is 6.83. The minimum absolute atomic E-state index is 0.0453. The molecule has 2 rings (SSSR count). The average Bonchev–Trinajstić information content (AvgIpc) is 3.10. The largest absolute Gasteiger partial charge is 0.394 e. The molecule has 2 unspecified atom stereocenters. The third kappa shape index (κ3) is 4.73. The Balaban J connectivity index is 1.62. The van der Waals surface area contributed by atoms with E-state index in [0.717, 1.165) is 12.5 Å². The Hall–Kier alpha value is -0.120. The van der Waals surface area contributed by atoms with Crippen molar-refractivity contribution in [3.05, 3.63) is 0 Å². The van der Waals surface area contributed by atoms with Crippen LogP contribution in [0.5, 0.6) is 0 Å². The zero-order chi connectivity index (χ0) is 13.7. The monoisotopic (exact) mass is 268 g/mol. The molecule has 1 saturated heterocycles. The Morgan fingerprint density at radius 1 is 1.26 bits per heavy atom. The number of aliphatic hydroxyl groups is 1. The van der Waals surface area contributed by atoms with Crippen LogP contribution in [0.1, 0.15) is 65.2 Å². The summed E-state index contributed by atoms with van der Waals surface area (Å²) < 4.78 is 0. The number of unbranched alkanes of at least 4 members (excludes halogenated alkanes) is 1. The van der Waals surface area contributed by atoms with Crippen LogP contribution in [0, 0.1) is 0 Å². The fourth-order valence-corrected chi connectivity index (χ4v) is 3.40. The van der Waals surface area contributed by atoms with Gasteiger partial charge in [-0.05, 0) is 65.0 Å². The summed E-state index contributed by atoms with van der Waals surface area (Å²) in [6, 6.07) is 1.52. The minimum Gasteiger partial charge on any atom is -0.394 e. The smallest absolute Gasteiger partial charge is 0.0610 e. The van der Waals surface area contributed by atoms with Crippen LogP contribution in [0.25, 0.3) is 0 Å². The van der Waals surface area contributed by atoms with Crippen molar-refractivity contribution in [1.82, 2.24) is 10.2 Å². The molecule has 0 aromatic rings. The summed E-state index contributed by atoms with van der Waals surface area (Å²) in [5, 5.41) is 13.2. The van der Waals surface area contributed by atoms with Crippen molar-refractivity contribution in [1.29, 1.82) is 0 Å². The van der Waals surface area contributed by atoms with Crippen LogP contribution in [-0.2, 0) is 0 Å². The van der Waals surface area contributed by atoms with Gasteiger partial charge < -0.3 is 15.3 Å². The van der Waals surface area contributed by atoms with Gasteiger partial charge in [-0.15, -0.1) is 0 Å². The fourth-order valence-electron chi connectivity index (χ4n) is 3.40. The summed E-state index contributed by atoms with van der Waals surface area (Å²) in [6.45, 7) is 7.31. The van der Waals surface area contributed by atoms with E-state index in [9.17, 15) is 5.11 Å². The van der Waals surface area contributed by atoms with Gasteiger partial charge in [0.1, 0.15) is 0 Å². The van der Waals surface area contributed by atoms with Crippen molar-refractivity contribution in [3.63, 3.8) is 0 Å². The zero-order valence-electron chi connectivity index (χ0n) is 12.8. The molecule has 3 nitrogen and oxygen atoms in total. The lowest BCUT2D eigenvalue weighted by atomic mass is 9.95. The lowest BCUT2D eigenvalue weighted by Crippen LogP contribution is -2.47. The van der Waals surface area contributed by atoms with Crippen molar-refractivity contribution in [2.45, 2.75) is 82.8 Å². The zero-order valence-corrected chi connectivity index (χ0v) is 12.8. The second kappa shape index (κ2) is 7.05. The van der Waals surface area contributed by atoms with Gasteiger partial charge in [0.25, 0.3) is 0 Å². The van der Waals surface area contributed by atoms with Gasteiger partial charge in [0.05, 0.1) is 6.61 Å². The molecule has 2 N–H and O–H groups in total. The minimum atomic E-state index is -0.0453. The average molecular weight is 268 g/mol. The molecular formula is C16H32N2O. The number of aliphatic hydroxyl groups excluding tert-OH is 1. The highest BCUT2D eigenvalue weighted by atomic mass is 16.3. The third-order valence-corrected chi connectivity index (χ3v) is 4.87. The first-order valence-corrected chi connectivity index (χ1v) is 8.29. The first-order valence-electron chi connectivity index (χ1n) is 8.29. The summed E-state index contributed by atoms with van der Waals surface area (Å²) in [4.78, 5) is 2.67. The van der Waals surface area contributed by atoms with Gasteiger partial charge in [-0.1, -0.05) is 13.3 Å². The Labute approximate surface area is 118 Å². The van der Waals surface area contributed by atoms with Crippen molar-refractivity contribution < 1.29 is 5.11 Å². The predicted octanol–water partition coefficient (Wildman–Crippen LogP) is 2.53. The fraction of sp³-hybridized carbons (Fsp3) is 1.00. The van der Waals surface area contributed by atoms with Crippen LogP contribution in [0.2, 0.25) is 0 Å². The highest BCUT2D eigenvalue weighted by Gasteiger charge is 2.31. The van der Waals surface area contributed by atoms with E-state index in [0.29, 0.717) is 6.04 Å². The number of nitrogens with one attached hydrogen (secondary N) is 1. The molecule has 2 atom stereocenters. The number of rotatable bonds is 9. The van der Waals surface area contributed by atoms with E-state index < -0.39 is 0 Å². The van der Waals surface area contributed by atoms with Crippen LogP contribution in [-0.4, -0.2) is 47.3 Å². The molecule has 3 heteroatoms. The Morgan fingerprint density at radius 3 is 2.68 bits per heavy atom. The molecule has 0 spiro atoms. The molecule has 0 bridgehead atoms. The molecular weight excluding hydrogens is 236 g/mol. The van der Waals surface area contributed by atoms with Gasteiger partial charge >= 0.3 is 0 Å². The van der Waals surface area contributed by atoms with E-state index in [1.165, 1.54) is 58.0 Å². The van der Waals surface area contributed by atoms with Crippen molar-refractivity contribution in [2.24, 2.45) is 0 Å². The van der Waals surface area contributed by atoms with Crippen LogP contribution < -0.4 is 5.32 Å². The van der Waals surface area contributed by atoms with E-state index in [4.69, 9.17) is 0 Å². The van der Waals surface area contributed by atoms with Crippen LogP contribution in [0.15, 0.2) is 0 Å². The molecule has 0 aromatic heterocycles. The van der Waals surface area contributed by atoms with Gasteiger partial charge in [0, 0.05) is 17.6 Å². The van der Waals surface area contributed by atoms with Gasteiger partial charge in [0.2, 0.25) is 0 Å².